The maximum atomic E-state index is 13.0. The zero-order valence-corrected chi connectivity index (χ0v) is 16.3. The Hall–Kier alpha value is -2.81. The molecule has 0 bridgehead atoms. The molecule has 1 spiro atoms. The zero-order valence-electron chi connectivity index (χ0n) is 16.3. The number of anilines is 1. The Labute approximate surface area is 164 Å². The lowest BCUT2D eigenvalue weighted by Gasteiger charge is -2.43. The van der Waals surface area contributed by atoms with Crippen molar-refractivity contribution in [2.24, 2.45) is 5.73 Å². The fourth-order valence-electron chi connectivity index (χ4n) is 3.93. The Kier molecular flexibility index (Phi) is 5.73. The number of methoxy groups -OCH3 is 1. The lowest BCUT2D eigenvalue weighted by molar-refractivity contribution is -0.142. The molecule has 0 saturated carbocycles. The van der Waals surface area contributed by atoms with E-state index in [1.165, 1.54) is 7.11 Å². The number of nitrogens with zero attached hydrogens (tertiary/aromatic N) is 3. The highest BCUT2D eigenvalue weighted by molar-refractivity contribution is 5.93. The number of nitrogens with one attached hydrogen (secondary N) is 1. The summed E-state index contributed by atoms with van der Waals surface area (Å²) < 4.78 is 4.55. The Bertz CT molecular complexity index is 733. The number of nitrogens with two attached hydrogens (primary N) is 1. The minimum absolute atomic E-state index is 0.00492. The summed E-state index contributed by atoms with van der Waals surface area (Å²) in [5.41, 5.74) is 6.02. The van der Waals surface area contributed by atoms with E-state index >= 15 is 0 Å². The normalized spacial score (nSPS) is 19.7. The number of amides is 3. The standard InChI is InChI=1S/C19H27N5O4/c1-22-13-24(14-6-4-3-5-7-14)19(17(22)26)8-10-23(11-9-19)18(27)21-12-15(20)16(25)28-2/h3-7,15H,8-13,20H2,1-2H3,(H,21,27). The first-order valence-corrected chi connectivity index (χ1v) is 9.33. The average molecular weight is 389 g/mol. The van der Waals surface area contributed by atoms with Crippen molar-refractivity contribution in [2.45, 2.75) is 24.4 Å². The van der Waals surface area contributed by atoms with E-state index in [0.29, 0.717) is 32.6 Å². The van der Waals surface area contributed by atoms with E-state index < -0.39 is 17.6 Å². The first-order chi connectivity index (χ1) is 13.4. The molecule has 9 nitrogen and oxygen atoms in total. The van der Waals surface area contributed by atoms with Gasteiger partial charge in [0.25, 0.3) is 0 Å². The van der Waals surface area contributed by atoms with Gasteiger partial charge in [-0.2, -0.15) is 0 Å². The van der Waals surface area contributed by atoms with Gasteiger partial charge in [0.1, 0.15) is 11.6 Å². The van der Waals surface area contributed by atoms with Crippen molar-refractivity contribution in [1.82, 2.24) is 15.1 Å². The van der Waals surface area contributed by atoms with Gasteiger partial charge in [0, 0.05) is 32.4 Å². The molecule has 2 fully saturated rings. The van der Waals surface area contributed by atoms with Gasteiger partial charge in [0.15, 0.2) is 0 Å². The highest BCUT2D eigenvalue weighted by Crippen LogP contribution is 2.38. The summed E-state index contributed by atoms with van der Waals surface area (Å²) in [6, 6.07) is 8.67. The van der Waals surface area contributed by atoms with Gasteiger partial charge in [0.2, 0.25) is 5.91 Å². The predicted octanol–water partition coefficient (Wildman–Crippen LogP) is -0.0330. The molecular formula is C19H27N5O4. The third-order valence-electron chi connectivity index (χ3n) is 5.54. The monoisotopic (exact) mass is 389 g/mol. The SMILES string of the molecule is COC(=O)C(N)CNC(=O)N1CCC2(CC1)C(=O)N(C)CN2c1ccccc1. The van der Waals surface area contributed by atoms with Crippen LogP contribution < -0.4 is 16.0 Å². The van der Waals surface area contributed by atoms with Gasteiger partial charge in [-0.15, -0.1) is 0 Å². The minimum atomic E-state index is -0.899. The number of urea groups is 1. The van der Waals surface area contributed by atoms with E-state index in [-0.39, 0.29) is 18.5 Å². The number of esters is 1. The van der Waals surface area contributed by atoms with Crippen LogP contribution in [-0.2, 0) is 14.3 Å². The van der Waals surface area contributed by atoms with Gasteiger partial charge < -0.3 is 30.5 Å². The third kappa shape index (κ3) is 3.62. The number of hydrogen-bond acceptors (Lipinski definition) is 6. The van der Waals surface area contributed by atoms with E-state index in [2.05, 4.69) is 15.0 Å². The van der Waals surface area contributed by atoms with Crippen LogP contribution in [0, 0.1) is 0 Å². The van der Waals surface area contributed by atoms with Crippen LogP contribution in [-0.4, -0.2) is 79.7 Å². The fraction of sp³-hybridized carbons (Fsp3) is 0.526. The molecule has 3 N–H and O–H groups in total. The van der Waals surface area contributed by atoms with Gasteiger partial charge in [-0.3, -0.25) is 9.59 Å². The molecule has 0 radical (unpaired) electrons. The lowest BCUT2D eigenvalue weighted by Crippen LogP contribution is -2.59. The molecule has 152 valence electrons. The van der Waals surface area contributed by atoms with Gasteiger partial charge in [-0.05, 0) is 25.0 Å². The van der Waals surface area contributed by atoms with E-state index in [4.69, 9.17) is 5.73 Å². The molecule has 28 heavy (non-hydrogen) atoms. The van der Waals surface area contributed by atoms with E-state index in [0.717, 1.165) is 5.69 Å². The maximum Gasteiger partial charge on any atom is 0.324 e. The van der Waals surface area contributed by atoms with Crippen LogP contribution in [0.2, 0.25) is 0 Å². The van der Waals surface area contributed by atoms with Crippen LogP contribution in [0.5, 0.6) is 0 Å². The number of piperidine rings is 1. The number of carbonyl (C=O) groups is 3. The van der Waals surface area contributed by atoms with Gasteiger partial charge in [0.05, 0.1) is 13.8 Å². The summed E-state index contributed by atoms with van der Waals surface area (Å²) in [5.74, 6) is -0.486. The van der Waals surface area contributed by atoms with Crippen LogP contribution in [0.4, 0.5) is 10.5 Å². The molecule has 2 aliphatic rings. The second-order valence-electron chi connectivity index (χ2n) is 7.24. The summed E-state index contributed by atoms with van der Waals surface area (Å²) in [7, 11) is 3.06. The number of carbonyl (C=O) groups excluding carboxylic acids is 3. The van der Waals surface area contributed by atoms with Crippen molar-refractivity contribution in [3.63, 3.8) is 0 Å². The minimum Gasteiger partial charge on any atom is -0.468 e. The van der Waals surface area contributed by atoms with Crippen LogP contribution in [0.1, 0.15) is 12.8 Å². The van der Waals surface area contributed by atoms with Crippen molar-refractivity contribution >= 4 is 23.6 Å². The Morgan fingerprint density at radius 1 is 1.25 bits per heavy atom. The average Bonchev–Trinajstić information content (AvgIpc) is 2.97. The van der Waals surface area contributed by atoms with Gasteiger partial charge in [-0.1, -0.05) is 18.2 Å². The molecule has 0 aliphatic carbocycles. The smallest absolute Gasteiger partial charge is 0.324 e. The van der Waals surface area contributed by atoms with Gasteiger partial charge >= 0.3 is 12.0 Å². The molecule has 3 amide bonds. The first-order valence-electron chi connectivity index (χ1n) is 9.33. The quantitative estimate of drug-likeness (QED) is 0.700. The van der Waals surface area contributed by atoms with Crippen LogP contribution in [0.3, 0.4) is 0 Å². The van der Waals surface area contributed by atoms with Crippen LogP contribution in [0.25, 0.3) is 0 Å². The summed E-state index contributed by atoms with van der Waals surface area (Å²) in [5, 5.41) is 2.66. The van der Waals surface area contributed by atoms with Crippen molar-refractivity contribution in [3.05, 3.63) is 30.3 Å². The van der Waals surface area contributed by atoms with Crippen molar-refractivity contribution in [3.8, 4) is 0 Å². The van der Waals surface area contributed by atoms with Crippen LogP contribution in [0.15, 0.2) is 30.3 Å². The van der Waals surface area contributed by atoms with Gasteiger partial charge in [-0.25, -0.2) is 4.79 Å². The molecular weight excluding hydrogens is 362 g/mol. The zero-order chi connectivity index (χ0) is 20.3. The second kappa shape index (κ2) is 8.05. The summed E-state index contributed by atoms with van der Waals surface area (Å²) in [6.07, 6.45) is 1.09. The summed E-state index contributed by atoms with van der Waals surface area (Å²) >= 11 is 0. The highest BCUT2D eigenvalue weighted by Gasteiger charge is 2.53. The topological polar surface area (TPSA) is 108 Å². The number of likely N-dealkylation sites (tertiary alicyclic amines) is 1. The third-order valence-corrected chi connectivity index (χ3v) is 5.54. The Balaban J connectivity index is 1.64. The molecule has 1 unspecified atom stereocenters. The van der Waals surface area contributed by atoms with Crippen molar-refractivity contribution in [1.29, 1.82) is 0 Å². The molecule has 3 rings (SSSR count). The van der Waals surface area contributed by atoms with Crippen LogP contribution >= 0.6 is 0 Å². The number of hydrogen-bond donors (Lipinski definition) is 2. The van der Waals surface area contributed by atoms with Crippen molar-refractivity contribution < 1.29 is 19.1 Å². The molecule has 1 aromatic carbocycles. The molecule has 1 atom stereocenters. The van der Waals surface area contributed by atoms with E-state index in [1.807, 2.05) is 30.3 Å². The Morgan fingerprint density at radius 3 is 2.50 bits per heavy atom. The number of likely N-dealkylation sites (N-methyl/N-ethyl adjacent to an activating group) is 1. The molecule has 0 aromatic heterocycles. The Morgan fingerprint density at radius 2 is 1.89 bits per heavy atom. The first kappa shape index (κ1) is 19.9. The second-order valence-corrected chi connectivity index (χ2v) is 7.24. The number of rotatable bonds is 4. The molecule has 9 heteroatoms. The van der Waals surface area contributed by atoms with Crippen molar-refractivity contribution in [2.75, 3.05) is 45.4 Å². The number of para-hydroxylation sites is 1. The maximum absolute atomic E-state index is 13.0. The molecule has 2 saturated heterocycles. The number of benzene rings is 1. The lowest BCUT2D eigenvalue weighted by atomic mass is 9.85. The predicted molar refractivity (Wildman–Crippen MR) is 103 cm³/mol. The van der Waals surface area contributed by atoms with E-state index in [1.54, 1.807) is 16.8 Å². The molecule has 2 heterocycles. The summed E-state index contributed by atoms with van der Waals surface area (Å²) in [4.78, 5) is 42.3. The highest BCUT2D eigenvalue weighted by atomic mass is 16.5. The largest absolute Gasteiger partial charge is 0.468 e. The summed E-state index contributed by atoms with van der Waals surface area (Å²) in [6.45, 7) is 1.43. The molecule has 1 aromatic rings. The number of ether oxygens (including phenoxy) is 1. The molecule has 2 aliphatic heterocycles. The van der Waals surface area contributed by atoms with E-state index in [9.17, 15) is 14.4 Å². The fourth-order valence-corrected chi connectivity index (χ4v) is 3.93.